The van der Waals surface area contributed by atoms with E-state index in [1.165, 1.54) is 11.3 Å². The maximum atomic E-state index is 12.6. The number of fused-ring (bicyclic) bond motifs is 1. The Balaban J connectivity index is 1.45. The SMILES string of the molecule is O=C(NC1CCC1)c1ccc(-c2cc(=NC3CC3)n3ncc(=Cc4[nH]c(=O)[nH]c4O)c3n2)s1. The molecule has 10 nitrogen and oxygen atoms in total. The Morgan fingerprint density at radius 2 is 2.12 bits per heavy atom. The normalized spacial score (nSPS) is 17.6. The molecule has 6 rings (SSSR count). The van der Waals surface area contributed by atoms with Gasteiger partial charge in [-0.05, 0) is 50.3 Å². The average Bonchev–Trinajstić information content (AvgIpc) is 3.15. The van der Waals surface area contributed by atoms with E-state index in [4.69, 9.17) is 9.98 Å². The number of carbonyl (C=O) groups excluding carboxylic acids is 1. The van der Waals surface area contributed by atoms with Crippen LogP contribution in [-0.2, 0) is 0 Å². The van der Waals surface area contributed by atoms with Gasteiger partial charge in [-0.15, -0.1) is 11.3 Å². The van der Waals surface area contributed by atoms with Crippen molar-refractivity contribution in [3.63, 3.8) is 0 Å². The van der Waals surface area contributed by atoms with Crippen molar-refractivity contribution in [2.45, 2.75) is 44.2 Å². The number of aromatic hydroxyl groups is 1. The summed E-state index contributed by atoms with van der Waals surface area (Å²) in [6.45, 7) is 0. The third-order valence-corrected chi connectivity index (χ3v) is 7.01. The smallest absolute Gasteiger partial charge is 0.326 e. The van der Waals surface area contributed by atoms with Crippen LogP contribution < -0.4 is 21.7 Å². The van der Waals surface area contributed by atoms with Gasteiger partial charge in [-0.25, -0.2) is 9.78 Å². The van der Waals surface area contributed by atoms with Crippen LogP contribution in [0.5, 0.6) is 5.88 Å². The Kier molecular flexibility index (Phi) is 4.64. The van der Waals surface area contributed by atoms with Gasteiger partial charge in [0.05, 0.1) is 27.7 Å². The van der Waals surface area contributed by atoms with Crippen LogP contribution in [0.25, 0.3) is 22.3 Å². The summed E-state index contributed by atoms with van der Waals surface area (Å²) in [6.07, 6.45) is 8.56. The Labute approximate surface area is 190 Å². The number of nitrogens with one attached hydrogen (secondary N) is 3. The molecule has 2 aliphatic carbocycles. The lowest BCUT2D eigenvalue weighted by atomic mass is 9.93. The second kappa shape index (κ2) is 7.69. The van der Waals surface area contributed by atoms with Crippen molar-refractivity contribution >= 4 is 29.0 Å². The van der Waals surface area contributed by atoms with E-state index >= 15 is 0 Å². The van der Waals surface area contributed by atoms with Crippen LogP contribution in [0.4, 0.5) is 0 Å². The van der Waals surface area contributed by atoms with Gasteiger partial charge in [-0.1, -0.05) is 0 Å². The number of H-pyrrole nitrogens is 2. The lowest BCUT2D eigenvalue weighted by molar-refractivity contribution is 0.0921. The van der Waals surface area contributed by atoms with Gasteiger partial charge in [0.25, 0.3) is 5.91 Å². The molecule has 0 saturated heterocycles. The molecule has 2 fully saturated rings. The van der Waals surface area contributed by atoms with E-state index in [0.717, 1.165) is 37.0 Å². The molecule has 0 aliphatic heterocycles. The molecular formula is C22H21N7O3S. The Morgan fingerprint density at radius 1 is 1.27 bits per heavy atom. The molecule has 33 heavy (non-hydrogen) atoms. The molecule has 4 heterocycles. The summed E-state index contributed by atoms with van der Waals surface area (Å²) < 4.78 is 1.66. The minimum atomic E-state index is -0.500. The monoisotopic (exact) mass is 463 g/mol. The van der Waals surface area contributed by atoms with E-state index < -0.39 is 5.69 Å². The van der Waals surface area contributed by atoms with Crippen LogP contribution in [0.15, 0.2) is 34.2 Å². The third kappa shape index (κ3) is 3.84. The molecule has 0 radical (unpaired) electrons. The third-order valence-electron chi connectivity index (χ3n) is 5.90. The summed E-state index contributed by atoms with van der Waals surface area (Å²) in [6, 6.07) is 6.16. The summed E-state index contributed by atoms with van der Waals surface area (Å²) in [4.78, 5) is 40.0. The van der Waals surface area contributed by atoms with E-state index in [0.29, 0.717) is 26.9 Å². The molecule has 0 unspecified atom stereocenters. The second-order valence-corrected chi connectivity index (χ2v) is 9.53. The van der Waals surface area contributed by atoms with E-state index in [2.05, 4.69) is 20.4 Å². The first-order valence-electron chi connectivity index (χ1n) is 10.9. The molecule has 4 aromatic heterocycles. The lowest BCUT2D eigenvalue weighted by Crippen LogP contribution is -2.39. The minimum Gasteiger partial charge on any atom is -0.493 e. The van der Waals surface area contributed by atoms with E-state index in [1.54, 1.807) is 16.8 Å². The van der Waals surface area contributed by atoms with Crippen molar-refractivity contribution in [1.29, 1.82) is 0 Å². The summed E-state index contributed by atoms with van der Waals surface area (Å²) >= 11 is 1.39. The highest BCUT2D eigenvalue weighted by atomic mass is 32.1. The number of amides is 1. The van der Waals surface area contributed by atoms with Crippen molar-refractivity contribution < 1.29 is 9.90 Å². The Bertz CT molecular complexity index is 1550. The zero-order chi connectivity index (χ0) is 22.5. The lowest BCUT2D eigenvalue weighted by Gasteiger charge is -2.25. The highest BCUT2D eigenvalue weighted by molar-refractivity contribution is 7.17. The van der Waals surface area contributed by atoms with Gasteiger partial charge in [0.2, 0.25) is 5.88 Å². The standard InChI is InChI=1S/C22H21N7O3S/c30-20-15(27-22(32)28-20)8-11-10-23-29-18(24-13-4-5-13)9-14(26-19(11)29)16-6-7-17(33-16)21(31)25-12-2-1-3-12/h6-10,12-13,30H,1-5H2,(H,25,31)(H2,27,28,32). The molecule has 4 aromatic rings. The first-order valence-corrected chi connectivity index (χ1v) is 11.7. The Hall–Kier alpha value is -3.73. The van der Waals surface area contributed by atoms with E-state index in [-0.39, 0.29) is 29.6 Å². The van der Waals surface area contributed by atoms with Crippen LogP contribution in [-0.4, -0.2) is 47.7 Å². The number of aromatic nitrogens is 5. The Morgan fingerprint density at radius 3 is 2.82 bits per heavy atom. The molecule has 1 amide bonds. The molecule has 168 valence electrons. The van der Waals surface area contributed by atoms with Crippen LogP contribution in [0.2, 0.25) is 0 Å². The molecule has 0 atom stereocenters. The number of hydrogen-bond acceptors (Lipinski definition) is 7. The van der Waals surface area contributed by atoms with Crippen molar-refractivity contribution in [2.24, 2.45) is 4.99 Å². The number of carbonyl (C=O) groups is 1. The molecule has 0 bridgehead atoms. The van der Waals surface area contributed by atoms with Crippen LogP contribution in [0.3, 0.4) is 0 Å². The zero-order valence-electron chi connectivity index (χ0n) is 17.5. The molecule has 4 N–H and O–H groups in total. The van der Waals surface area contributed by atoms with E-state index in [9.17, 15) is 14.7 Å². The molecule has 0 spiro atoms. The largest absolute Gasteiger partial charge is 0.493 e. The summed E-state index contributed by atoms with van der Waals surface area (Å²) in [5, 5.41) is 18.1. The van der Waals surface area contributed by atoms with Crippen molar-refractivity contribution in [1.82, 2.24) is 29.9 Å². The van der Waals surface area contributed by atoms with Crippen LogP contribution >= 0.6 is 11.3 Å². The number of aromatic amines is 2. The highest BCUT2D eigenvalue weighted by Crippen LogP contribution is 2.28. The van der Waals surface area contributed by atoms with Gasteiger partial charge < -0.3 is 15.4 Å². The van der Waals surface area contributed by atoms with Crippen LogP contribution in [0, 0.1) is 0 Å². The number of hydrogen-bond donors (Lipinski definition) is 4. The summed E-state index contributed by atoms with van der Waals surface area (Å²) in [5.74, 6) is -0.302. The van der Waals surface area contributed by atoms with Gasteiger partial charge >= 0.3 is 5.69 Å². The number of thiophene rings is 1. The second-order valence-electron chi connectivity index (χ2n) is 8.45. The summed E-state index contributed by atoms with van der Waals surface area (Å²) in [7, 11) is 0. The van der Waals surface area contributed by atoms with Gasteiger partial charge in [0.1, 0.15) is 5.69 Å². The fraction of sp³-hybridized carbons (Fsp3) is 0.318. The van der Waals surface area contributed by atoms with Gasteiger partial charge in [-0.2, -0.15) is 9.61 Å². The number of rotatable bonds is 5. The minimum absolute atomic E-state index is 0.0508. The summed E-state index contributed by atoms with van der Waals surface area (Å²) in [5.41, 5.74) is 1.66. The molecular weight excluding hydrogens is 442 g/mol. The molecule has 11 heteroatoms. The topological polar surface area (TPSA) is 141 Å². The highest BCUT2D eigenvalue weighted by Gasteiger charge is 2.22. The van der Waals surface area contributed by atoms with Gasteiger partial charge in [-0.3, -0.25) is 14.8 Å². The number of nitrogens with zero attached hydrogens (tertiary/aromatic N) is 4. The molecule has 2 saturated carbocycles. The average molecular weight is 464 g/mol. The van der Waals surface area contributed by atoms with Crippen molar-refractivity contribution in [2.75, 3.05) is 0 Å². The van der Waals surface area contributed by atoms with Crippen molar-refractivity contribution in [3.05, 3.63) is 56.2 Å². The quantitative estimate of drug-likeness (QED) is 0.350. The van der Waals surface area contributed by atoms with Gasteiger partial charge in [0, 0.05) is 17.3 Å². The number of imidazole rings is 1. The fourth-order valence-corrected chi connectivity index (χ4v) is 4.60. The fourth-order valence-electron chi connectivity index (χ4n) is 3.73. The predicted octanol–water partition coefficient (Wildman–Crippen LogP) is 1.07. The first-order chi connectivity index (χ1) is 16.0. The van der Waals surface area contributed by atoms with E-state index in [1.807, 2.05) is 18.2 Å². The molecule has 0 aromatic carbocycles. The molecule has 2 aliphatic rings. The van der Waals surface area contributed by atoms with Crippen LogP contribution in [0.1, 0.15) is 47.5 Å². The maximum absolute atomic E-state index is 12.6. The van der Waals surface area contributed by atoms with Gasteiger partial charge in [0.15, 0.2) is 11.1 Å². The zero-order valence-corrected chi connectivity index (χ0v) is 18.4. The van der Waals surface area contributed by atoms with Crippen molar-refractivity contribution in [3.8, 4) is 16.5 Å². The predicted molar refractivity (Wildman–Crippen MR) is 122 cm³/mol. The maximum Gasteiger partial charge on any atom is 0.326 e. The first kappa shape index (κ1) is 19.9.